The van der Waals surface area contributed by atoms with Crippen molar-refractivity contribution in [2.45, 2.75) is 46.1 Å². The summed E-state index contributed by atoms with van der Waals surface area (Å²) in [4.78, 5) is 7.03. The Morgan fingerprint density at radius 2 is 2.05 bits per heavy atom. The van der Waals surface area contributed by atoms with E-state index < -0.39 is 0 Å². The number of hydrogen-bond donors (Lipinski definition) is 1. The highest BCUT2D eigenvalue weighted by Crippen LogP contribution is 2.21. The van der Waals surface area contributed by atoms with Crippen LogP contribution in [0.2, 0.25) is 0 Å². The van der Waals surface area contributed by atoms with Crippen LogP contribution in [0.25, 0.3) is 0 Å². The fourth-order valence-electron chi connectivity index (χ4n) is 2.69. The number of anilines is 1. The number of nitrogens with one attached hydrogen (secondary N) is 1. The third-order valence-corrected chi connectivity index (χ3v) is 4.07. The van der Waals surface area contributed by atoms with Gasteiger partial charge in [0.1, 0.15) is 5.82 Å². The molecule has 0 aliphatic carbocycles. The highest BCUT2D eigenvalue weighted by atomic mass is 15.1. The van der Waals surface area contributed by atoms with Gasteiger partial charge in [-0.15, -0.1) is 0 Å². The van der Waals surface area contributed by atoms with Crippen molar-refractivity contribution in [3.05, 3.63) is 23.9 Å². The Labute approximate surface area is 117 Å². The molecule has 0 unspecified atom stereocenters. The van der Waals surface area contributed by atoms with E-state index in [1.165, 1.54) is 37.9 Å². The molecule has 1 aliphatic heterocycles. The van der Waals surface area contributed by atoms with Gasteiger partial charge in [0, 0.05) is 19.3 Å². The Kier molecular flexibility index (Phi) is 5.64. The second-order valence-electron chi connectivity index (χ2n) is 5.61. The largest absolute Gasteiger partial charge is 0.370 e. The van der Waals surface area contributed by atoms with Crippen molar-refractivity contribution in [3.63, 3.8) is 0 Å². The first-order chi connectivity index (χ1) is 9.31. The van der Waals surface area contributed by atoms with Gasteiger partial charge in [0.15, 0.2) is 0 Å². The van der Waals surface area contributed by atoms with Crippen LogP contribution in [0.4, 0.5) is 5.82 Å². The van der Waals surface area contributed by atoms with Crippen LogP contribution in [-0.2, 0) is 6.54 Å². The second kappa shape index (κ2) is 7.49. The van der Waals surface area contributed by atoms with E-state index in [9.17, 15) is 0 Å². The number of hydrogen-bond acceptors (Lipinski definition) is 3. The van der Waals surface area contributed by atoms with Crippen LogP contribution in [0.5, 0.6) is 0 Å². The molecule has 3 heteroatoms. The summed E-state index contributed by atoms with van der Waals surface area (Å²) in [7, 11) is 0. The highest BCUT2D eigenvalue weighted by molar-refractivity contribution is 5.35. The number of aromatic nitrogens is 1. The Morgan fingerprint density at radius 1 is 1.26 bits per heavy atom. The zero-order valence-corrected chi connectivity index (χ0v) is 12.4. The van der Waals surface area contributed by atoms with Crippen LogP contribution in [0, 0.1) is 5.92 Å². The normalized spacial score (nSPS) is 17.6. The molecule has 1 saturated heterocycles. The lowest BCUT2D eigenvalue weighted by molar-refractivity contribution is 0.175. The van der Waals surface area contributed by atoms with Gasteiger partial charge in [-0.2, -0.15) is 0 Å². The number of nitrogens with zero attached hydrogens (tertiary/aromatic N) is 2. The lowest BCUT2D eigenvalue weighted by Crippen LogP contribution is -2.33. The predicted octanol–water partition coefficient (Wildman–Crippen LogP) is 3.53. The smallest absolute Gasteiger partial charge is 0.125 e. The molecule has 2 heterocycles. The average Bonchev–Trinajstić information content (AvgIpc) is 2.47. The molecule has 0 atom stereocenters. The van der Waals surface area contributed by atoms with Gasteiger partial charge in [0.05, 0.1) is 0 Å². The highest BCUT2D eigenvalue weighted by Gasteiger charge is 2.17. The lowest BCUT2D eigenvalue weighted by atomic mass is 9.94. The molecule has 0 aromatic carbocycles. The van der Waals surface area contributed by atoms with Gasteiger partial charge < -0.3 is 5.32 Å². The topological polar surface area (TPSA) is 28.2 Å². The first kappa shape index (κ1) is 14.3. The van der Waals surface area contributed by atoms with E-state index in [0.717, 1.165) is 31.2 Å². The molecule has 1 aromatic rings. The average molecular weight is 261 g/mol. The first-order valence-electron chi connectivity index (χ1n) is 7.73. The maximum Gasteiger partial charge on any atom is 0.125 e. The molecular formula is C16H27N3. The number of rotatable bonds is 6. The van der Waals surface area contributed by atoms with E-state index >= 15 is 0 Å². The van der Waals surface area contributed by atoms with Crippen LogP contribution in [0.3, 0.4) is 0 Å². The maximum absolute atomic E-state index is 4.48. The summed E-state index contributed by atoms with van der Waals surface area (Å²) < 4.78 is 0. The van der Waals surface area contributed by atoms with Crippen molar-refractivity contribution < 1.29 is 0 Å². The Hall–Kier alpha value is -1.09. The Bertz CT molecular complexity index is 353. The maximum atomic E-state index is 4.48. The van der Waals surface area contributed by atoms with Gasteiger partial charge in [-0.3, -0.25) is 4.90 Å². The Morgan fingerprint density at radius 3 is 2.63 bits per heavy atom. The van der Waals surface area contributed by atoms with Crippen molar-refractivity contribution in [3.8, 4) is 0 Å². The zero-order chi connectivity index (χ0) is 13.5. The molecule has 1 fully saturated rings. The van der Waals surface area contributed by atoms with Gasteiger partial charge in [-0.05, 0) is 49.9 Å². The van der Waals surface area contributed by atoms with Crippen LogP contribution in [-0.4, -0.2) is 29.5 Å². The fraction of sp³-hybridized carbons (Fsp3) is 0.688. The van der Waals surface area contributed by atoms with Gasteiger partial charge in [0.25, 0.3) is 0 Å². The summed E-state index contributed by atoms with van der Waals surface area (Å²) >= 11 is 0. The molecule has 0 saturated carbocycles. The SMILES string of the molecule is CCCNc1ccc(CN2CCC(CC)CC2)cn1. The van der Waals surface area contributed by atoms with Crippen molar-refractivity contribution in [2.24, 2.45) is 5.92 Å². The summed E-state index contributed by atoms with van der Waals surface area (Å²) in [6.07, 6.45) is 7.22. The molecule has 19 heavy (non-hydrogen) atoms. The summed E-state index contributed by atoms with van der Waals surface area (Å²) in [5.41, 5.74) is 1.33. The van der Waals surface area contributed by atoms with E-state index in [1.54, 1.807) is 0 Å². The third kappa shape index (κ3) is 4.50. The molecule has 0 spiro atoms. The zero-order valence-electron chi connectivity index (χ0n) is 12.4. The van der Waals surface area contributed by atoms with Crippen molar-refractivity contribution in [1.29, 1.82) is 0 Å². The standard InChI is InChI=1S/C16H27N3/c1-3-9-17-16-6-5-15(12-18-16)13-19-10-7-14(4-2)8-11-19/h5-6,12,14H,3-4,7-11,13H2,1-2H3,(H,17,18). The van der Waals surface area contributed by atoms with Gasteiger partial charge in [-0.25, -0.2) is 4.98 Å². The van der Waals surface area contributed by atoms with Crippen LogP contribution >= 0.6 is 0 Å². The fourth-order valence-corrected chi connectivity index (χ4v) is 2.69. The van der Waals surface area contributed by atoms with Crippen molar-refractivity contribution in [1.82, 2.24) is 9.88 Å². The quantitative estimate of drug-likeness (QED) is 0.849. The van der Waals surface area contributed by atoms with E-state index in [2.05, 4.69) is 41.2 Å². The molecule has 1 aromatic heterocycles. The van der Waals surface area contributed by atoms with Gasteiger partial charge in [-0.1, -0.05) is 26.3 Å². The number of likely N-dealkylation sites (tertiary alicyclic amines) is 1. The molecule has 106 valence electrons. The molecular weight excluding hydrogens is 234 g/mol. The third-order valence-electron chi connectivity index (χ3n) is 4.07. The van der Waals surface area contributed by atoms with Crippen molar-refractivity contribution >= 4 is 5.82 Å². The summed E-state index contributed by atoms with van der Waals surface area (Å²) in [6.45, 7) is 9.02. The van der Waals surface area contributed by atoms with Crippen molar-refractivity contribution in [2.75, 3.05) is 25.0 Å². The first-order valence-corrected chi connectivity index (χ1v) is 7.73. The molecule has 2 rings (SSSR count). The van der Waals surface area contributed by atoms with Gasteiger partial charge >= 0.3 is 0 Å². The van der Waals surface area contributed by atoms with E-state index in [1.807, 2.05) is 6.20 Å². The summed E-state index contributed by atoms with van der Waals surface area (Å²) in [6, 6.07) is 4.31. The lowest BCUT2D eigenvalue weighted by Gasteiger charge is -2.31. The summed E-state index contributed by atoms with van der Waals surface area (Å²) in [5, 5.41) is 3.31. The predicted molar refractivity (Wildman–Crippen MR) is 81.3 cm³/mol. The second-order valence-corrected chi connectivity index (χ2v) is 5.61. The number of piperidine rings is 1. The molecule has 1 aliphatic rings. The molecule has 1 N–H and O–H groups in total. The minimum Gasteiger partial charge on any atom is -0.370 e. The van der Waals surface area contributed by atoms with Gasteiger partial charge in [0.2, 0.25) is 0 Å². The monoisotopic (exact) mass is 261 g/mol. The Balaban J connectivity index is 1.79. The van der Waals surface area contributed by atoms with Crippen LogP contribution in [0.1, 0.15) is 45.1 Å². The van der Waals surface area contributed by atoms with E-state index in [4.69, 9.17) is 0 Å². The van der Waals surface area contributed by atoms with E-state index in [0.29, 0.717) is 0 Å². The molecule has 3 nitrogen and oxygen atoms in total. The minimum absolute atomic E-state index is 0.954. The van der Waals surface area contributed by atoms with E-state index in [-0.39, 0.29) is 0 Å². The number of pyridine rings is 1. The molecule has 0 bridgehead atoms. The van der Waals surface area contributed by atoms with Crippen LogP contribution < -0.4 is 5.32 Å². The molecule has 0 amide bonds. The minimum atomic E-state index is 0.954. The van der Waals surface area contributed by atoms with Crippen LogP contribution in [0.15, 0.2) is 18.3 Å². The summed E-state index contributed by atoms with van der Waals surface area (Å²) in [5.74, 6) is 1.95. The molecule has 0 radical (unpaired) electrons.